The minimum atomic E-state index is -4.46. The first-order chi connectivity index (χ1) is 9.12. The summed E-state index contributed by atoms with van der Waals surface area (Å²) in [5.41, 5.74) is 0.191. The number of carbonyl (C=O) groups is 1. The monoisotopic (exact) mass is 303 g/mol. The van der Waals surface area contributed by atoms with Gasteiger partial charge in [0, 0.05) is 11.3 Å². The molecule has 0 saturated heterocycles. The standard InChI is InChI=1S/C14H13ClF3NO/c1-7-4-10(14(16,17)18)6-11(5-7)19-12(15)8(2)9(3)13(19)20/h4-6,12H,1-3H3. The van der Waals surface area contributed by atoms with Gasteiger partial charge in [-0.25, -0.2) is 0 Å². The molecule has 0 aromatic heterocycles. The molecule has 6 heteroatoms. The Morgan fingerprint density at radius 1 is 1.15 bits per heavy atom. The van der Waals surface area contributed by atoms with E-state index in [0.717, 1.165) is 12.1 Å². The van der Waals surface area contributed by atoms with Crippen molar-refractivity contribution in [2.45, 2.75) is 32.4 Å². The first-order valence-electron chi connectivity index (χ1n) is 5.97. The van der Waals surface area contributed by atoms with E-state index in [2.05, 4.69) is 0 Å². The number of alkyl halides is 4. The highest BCUT2D eigenvalue weighted by Gasteiger charge is 2.37. The number of carbonyl (C=O) groups excluding carboxylic acids is 1. The maximum atomic E-state index is 12.8. The van der Waals surface area contributed by atoms with Gasteiger partial charge in [0.1, 0.15) is 5.50 Å². The zero-order valence-corrected chi connectivity index (χ0v) is 11.9. The van der Waals surface area contributed by atoms with Crippen molar-refractivity contribution in [3.8, 4) is 0 Å². The highest BCUT2D eigenvalue weighted by molar-refractivity contribution is 6.30. The lowest BCUT2D eigenvalue weighted by atomic mass is 10.1. The summed E-state index contributed by atoms with van der Waals surface area (Å²) in [7, 11) is 0. The molecule has 1 aromatic carbocycles. The Hall–Kier alpha value is -1.49. The zero-order chi connectivity index (χ0) is 15.2. The molecule has 0 fully saturated rings. The van der Waals surface area contributed by atoms with Gasteiger partial charge in [-0.15, -0.1) is 0 Å². The summed E-state index contributed by atoms with van der Waals surface area (Å²) < 4.78 is 38.5. The topological polar surface area (TPSA) is 20.3 Å². The fraction of sp³-hybridized carbons (Fsp3) is 0.357. The van der Waals surface area contributed by atoms with Crippen molar-refractivity contribution in [3.63, 3.8) is 0 Å². The first kappa shape index (κ1) is 14.9. The predicted octanol–water partition coefficient (Wildman–Crippen LogP) is 4.26. The maximum absolute atomic E-state index is 12.8. The van der Waals surface area contributed by atoms with E-state index < -0.39 is 17.2 Å². The number of aryl methyl sites for hydroxylation is 1. The minimum Gasteiger partial charge on any atom is -0.288 e. The van der Waals surface area contributed by atoms with E-state index in [1.807, 2.05) is 0 Å². The molecule has 0 N–H and O–H groups in total. The Morgan fingerprint density at radius 3 is 2.20 bits per heavy atom. The van der Waals surface area contributed by atoms with Crippen LogP contribution in [0.5, 0.6) is 0 Å². The highest BCUT2D eigenvalue weighted by atomic mass is 35.5. The molecule has 1 atom stereocenters. The molecule has 0 radical (unpaired) electrons. The number of rotatable bonds is 1. The van der Waals surface area contributed by atoms with E-state index in [1.54, 1.807) is 20.8 Å². The number of nitrogens with zero attached hydrogens (tertiary/aromatic N) is 1. The fourth-order valence-corrected chi connectivity index (χ4v) is 2.50. The van der Waals surface area contributed by atoms with Crippen LogP contribution in [0.25, 0.3) is 0 Å². The summed E-state index contributed by atoms with van der Waals surface area (Å²) in [5, 5.41) is 0. The highest BCUT2D eigenvalue weighted by Crippen LogP contribution is 2.37. The molecule has 1 aliphatic heterocycles. The smallest absolute Gasteiger partial charge is 0.288 e. The Bertz CT molecular complexity index is 607. The molecule has 0 bridgehead atoms. The van der Waals surface area contributed by atoms with Crippen molar-refractivity contribution in [1.82, 2.24) is 0 Å². The van der Waals surface area contributed by atoms with E-state index in [4.69, 9.17) is 11.6 Å². The van der Waals surface area contributed by atoms with Gasteiger partial charge in [-0.3, -0.25) is 9.69 Å². The molecular formula is C14H13ClF3NO. The van der Waals surface area contributed by atoms with Crippen molar-refractivity contribution in [2.24, 2.45) is 0 Å². The van der Waals surface area contributed by atoms with Gasteiger partial charge in [0.25, 0.3) is 5.91 Å². The number of halogens is 4. The zero-order valence-electron chi connectivity index (χ0n) is 11.2. The Kier molecular flexibility index (Phi) is 3.58. The largest absolute Gasteiger partial charge is 0.416 e. The Balaban J connectivity index is 2.50. The van der Waals surface area contributed by atoms with Crippen LogP contribution < -0.4 is 4.90 Å². The molecule has 1 aliphatic rings. The SMILES string of the molecule is CC1=C(C)C(Cl)N(c2cc(C)cc(C(F)(F)F)c2)C1=O. The molecule has 0 aliphatic carbocycles. The fourth-order valence-electron chi connectivity index (χ4n) is 2.14. The van der Waals surface area contributed by atoms with Crippen molar-refractivity contribution in [1.29, 1.82) is 0 Å². The van der Waals surface area contributed by atoms with Crippen LogP contribution in [-0.2, 0) is 11.0 Å². The molecule has 1 heterocycles. The summed E-state index contributed by atoms with van der Waals surface area (Å²) in [6, 6.07) is 3.51. The predicted molar refractivity (Wildman–Crippen MR) is 71.7 cm³/mol. The molecular weight excluding hydrogens is 291 g/mol. The molecule has 1 amide bonds. The van der Waals surface area contributed by atoms with Gasteiger partial charge in [-0.2, -0.15) is 13.2 Å². The van der Waals surface area contributed by atoms with Crippen LogP contribution in [0.15, 0.2) is 29.3 Å². The van der Waals surface area contributed by atoms with Gasteiger partial charge >= 0.3 is 6.18 Å². The van der Waals surface area contributed by atoms with Crippen molar-refractivity contribution in [3.05, 3.63) is 40.5 Å². The van der Waals surface area contributed by atoms with Crippen LogP contribution in [0.2, 0.25) is 0 Å². The van der Waals surface area contributed by atoms with E-state index in [-0.39, 0.29) is 11.6 Å². The van der Waals surface area contributed by atoms with Crippen LogP contribution in [0.3, 0.4) is 0 Å². The second-order valence-electron chi connectivity index (χ2n) is 4.87. The average molecular weight is 304 g/mol. The van der Waals surface area contributed by atoms with Crippen LogP contribution in [0, 0.1) is 6.92 Å². The van der Waals surface area contributed by atoms with E-state index in [1.165, 1.54) is 11.0 Å². The number of hydrogen-bond acceptors (Lipinski definition) is 1. The quantitative estimate of drug-likeness (QED) is 0.560. The Labute approximate surface area is 119 Å². The number of amides is 1. The van der Waals surface area contributed by atoms with Gasteiger partial charge < -0.3 is 0 Å². The average Bonchev–Trinajstić information content (AvgIpc) is 2.52. The van der Waals surface area contributed by atoms with Gasteiger partial charge in [0.15, 0.2) is 0 Å². The van der Waals surface area contributed by atoms with Crippen LogP contribution in [0.4, 0.5) is 18.9 Å². The molecule has 2 nitrogen and oxygen atoms in total. The van der Waals surface area contributed by atoms with Gasteiger partial charge in [0.05, 0.1) is 5.56 Å². The van der Waals surface area contributed by atoms with E-state index in [9.17, 15) is 18.0 Å². The van der Waals surface area contributed by atoms with Crippen LogP contribution in [0.1, 0.15) is 25.0 Å². The summed E-state index contributed by atoms with van der Waals surface area (Å²) >= 11 is 6.14. The third kappa shape index (κ3) is 2.42. The third-order valence-electron chi connectivity index (χ3n) is 3.38. The first-order valence-corrected chi connectivity index (χ1v) is 6.40. The molecule has 0 saturated carbocycles. The molecule has 20 heavy (non-hydrogen) atoms. The second kappa shape index (κ2) is 4.81. The molecule has 1 unspecified atom stereocenters. The molecule has 108 valence electrons. The lowest BCUT2D eigenvalue weighted by Crippen LogP contribution is -2.32. The van der Waals surface area contributed by atoms with Gasteiger partial charge in [-0.05, 0) is 50.1 Å². The lowest BCUT2D eigenvalue weighted by Gasteiger charge is -2.23. The van der Waals surface area contributed by atoms with Crippen LogP contribution >= 0.6 is 11.6 Å². The Morgan fingerprint density at radius 2 is 1.75 bits per heavy atom. The van der Waals surface area contributed by atoms with Crippen LogP contribution in [-0.4, -0.2) is 11.4 Å². The third-order valence-corrected chi connectivity index (χ3v) is 3.91. The summed E-state index contributed by atoms with van der Waals surface area (Å²) in [6.07, 6.45) is -4.46. The van der Waals surface area contributed by atoms with E-state index in [0.29, 0.717) is 16.7 Å². The second-order valence-corrected chi connectivity index (χ2v) is 5.29. The van der Waals surface area contributed by atoms with Gasteiger partial charge in [0.2, 0.25) is 0 Å². The summed E-state index contributed by atoms with van der Waals surface area (Å²) in [5.74, 6) is -0.360. The minimum absolute atomic E-state index is 0.165. The summed E-state index contributed by atoms with van der Waals surface area (Å²) in [4.78, 5) is 13.3. The van der Waals surface area contributed by atoms with E-state index >= 15 is 0 Å². The normalized spacial score (nSPS) is 20.1. The molecule has 2 rings (SSSR count). The number of anilines is 1. The maximum Gasteiger partial charge on any atom is 0.416 e. The number of benzene rings is 1. The van der Waals surface area contributed by atoms with Crippen molar-refractivity contribution in [2.75, 3.05) is 4.90 Å². The van der Waals surface area contributed by atoms with Crippen molar-refractivity contribution < 1.29 is 18.0 Å². The van der Waals surface area contributed by atoms with Gasteiger partial charge in [-0.1, -0.05) is 11.6 Å². The van der Waals surface area contributed by atoms with Crippen molar-refractivity contribution >= 4 is 23.2 Å². The molecule has 1 aromatic rings. The molecule has 0 spiro atoms. The number of hydrogen-bond donors (Lipinski definition) is 0. The lowest BCUT2D eigenvalue weighted by molar-refractivity contribution is -0.137. The summed E-state index contributed by atoms with van der Waals surface area (Å²) in [6.45, 7) is 4.87.